The first-order valence-corrected chi connectivity index (χ1v) is 13.3. The van der Waals surface area contributed by atoms with Crippen molar-refractivity contribution >= 4 is 26.8 Å². The summed E-state index contributed by atoms with van der Waals surface area (Å²) >= 11 is 0. The zero-order chi connectivity index (χ0) is 24.7. The molecule has 1 heterocycles. The maximum Gasteiger partial charge on any atom is 0.238 e. The van der Waals surface area contributed by atoms with Crippen LogP contribution in [0.1, 0.15) is 51.2 Å². The Morgan fingerprint density at radius 1 is 1.09 bits per heavy atom. The second kappa shape index (κ2) is 11.6. The molecular formula is C25H33N3O5S. The van der Waals surface area contributed by atoms with Crippen molar-refractivity contribution in [2.45, 2.75) is 63.6 Å². The van der Waals surface area contributed by atoms with E-state index in [0.29, 0.717) is 29.5 Å². The summed E-state index contributed by atoms with van der Waals surface area (Å²) in [7, 11) is -3.58. The number of fused-ring (bicyclic) bond motifs is 1. The highest BCUT2D eigenvalue weighted by atomic mass is 32.2. The van der Waals surface area contributed by atoms with Gasteiger partial charge in [-0.2, -0.15) is 0 Å². The van der Waals surface area contributed by atoms with E-state index in [1.165, 1.54) is 0 Å². The summed E-state index contributed by atoms with van der Waals surface area (Å²) in [5.41, 5.74) is 1.83. The van der Waals surface area contributed by atoms with Crippen molar-refractivity contribution < 1.29 is 22.7 Å². The summed E-state index contributed by atoms with van der Waals surface area (Å²) in [5.74, 6) is -0.880. The molecule has 0 fully saturated rings. The molecule has 0 saturated carbocycles. The van der Waals surface area contributed by atoms with Crippen molar-refractivity contribution in [3.63, 3.8) is 0 Å². The number of carbonyl (C=O) groups is 1. The molecule has 0 spiro atoms. The third kappa shape index (κ3) is 7.12. The average Bonchev–Trinajstić information content (AvgIpc) is 3.22. The van der Waals surface area contributed by atoms with Crippen LogP contribution in [0, 0.1) is 0 Å². The van der Waals surface area contributed by atoms with Gasteiger partial charge in [-0.15, -0.1) is 0 Å². The highest BCUT2D eigenvalue weighted by Crippen LogP contribution is 2.24. The van der Waals surface area contributed by atoms with Gasteiger partial charge in [0.25, 0.3) is 0 Å². The highest BCUT2D eigenvalue weighted by Gasteiger charge is 2.31. The van der Waals surface area contributed by atoms with Crippen molar-refractivity contribution in [2.75, 3.05) is 5.75 Å². The molecule has 0 aliphatic carbocycles. The van der Waals surface area contributed by atoms with Crippen molar-refractivity contribution in [3.05, 3.63) is 66.1 Å². The van der Waals surface area contributed by atoms with Crippen molar-refractivity contribution in [1.29, 1.82) is 0 Å². The number of nitrogens with one attached hydrogen (secondary N) is 2. The third-order valence-electron chi connectivity index (χ3n) is 5.37. The second-order valence-corrected chi connectivity index (χ2v) is 10.9. The van der Waals surface area contributed by atoms with Gasteiger partial charge in [0.15, 0.2) is 21.5 Å². The molecule has 9 heteroatoms. The van der Waals surface area contributed by atoms with E-state index in [1.54, 1.807) is 36.4 Å². The molecule has 2 aromatic carbocycles. The van der Waals surface area contributed by atoms with E-state index in [-0.39, 0.29) is 23.4 Å². The van der Waals surface area contributed by atoms with Crippen LogP contribution in [0.4, 0.5) is 0 Å². The molecule has 1 aromatic heterocycles. The molecule has 0 bridgehead atoms. The summed E-state index contributed by atoms with van der Waals surface area (Å²) in [6.45, 7) is 5.63. The number of hydrogen-bond donors (Lipinski definition) is 3. The molecule has 184 valence electrons. The largest absolute Gasteiger partial charge is 0.438 e. The van der Waals surface area contributed by atoms with Crippen LogP contribution >= 0.6 is 0 Å². The molecular weight excluding hydrogens is 454 g/mol. The molecule has 3 N–H and O–H groups in total. The Kier molecular flexibility index (Phi) is 8.82. The zero-order valence-electron chi connectivity index (χ0n) is 19.8. The van der Waals surface area contributed by atoms with Gasteiger partial charge in [0, 0.05) is 6.04 Å². The molecule has 34 heavy (non-hydrogen) atoms. The first-order chi connectivity index (χ1) is 16.2. The van der Waals surface area contributed by atoms with Gasteiger partial charge in [-0.25, -0.2) is 13.4 Å². The van der Waals surface area contributed by atoms with Gasteiger partial charge in [-0.05, 0) is 24.1 Å². The number of amides is 1. The fourth-order valence-electron chi connectivity index (χ4n) is 3.83. The van der Waals surface area contributed by atoms with Crippen LogP contribution in [0.3, 0.4) is 0 Å². The van der Waals surface area contributed by atoms with Gasteiger partial charge in [0.2, 0.25) is 11.8 Å². The molecule has 8 nitrogen and oxygen atoms in total. The highest BCUT2D eigenvalue weighted by molar-refractivity contribution is 7.90. The predicted octanol–water partition coefficient (Wildman–Crippen LogP) is 3.13. The summed E-state index contributed by atoms with van der Waals surface area (Å²) in [6, 6.07) is 14.3. The van der Waals surface area contributed by atoms with Crippen LogP contribution < -0.4 is 10.6 Å². The quantitative estimate of drug-likeness (QED) is 0.359. The number of aliphatic hydroxyl groups is 1. The van der Waals surface area contributed by atoms with E-state index in [0.717, 1.165) is 0 Å². The number of para-hydroxylation sites is 2. The summed E-state index contributed by atoms with van der Waals surface area (Å²) in [4.78, 5) is 17.5. The van der Waals surface area contributed by atoms with E-state index in [4.69, 9.17) is 4.42 Å². The minimum atomic E-state index is -3.58. The number of oxazole rings is 1. The normalized spacial score (nSPS) is 14.7. The number of hydrogen-bond acceptors (Lipinski definition) is 7. The Balaban J connectivity index is 1.75. The van der Waals surface area contributed by atoms with Crippen LogP contribution in [0.15, 0.2) is 59.0 Å². The molecule has 0 aliphatic rings. The number of sulfone groups is 1. The van der Waals surface area contributed by atoms with Gasteiger partial charge < -0.3 is 20.2 Å². The third-order valence-corrected chi connectivity index (χ3v) is 6.99. The summed E-state index contributed by atoms with van der Waals surface area (Å²) < 4.78 is 31.4. The number of benzene rings is 2. The van der Waals surface area contributed by atoms with Crippen LogP contribution in [0.2, 0.25) is 0 Å². The van der Waals surface area contributed by atoms with Gasteiger partial charge in [0.05, 0.1) is 17.5 Å². The average molecular weight is 488 g/mol. The van der Waals surface area contributed by atoms with E-state index >= 15 is 0 Å². The Bertz CT molecular complexity index is 1140. The molecule has 0 saturated heterocycles. The molecule has 3 aromatic rings. The summed E-state index contributed by atoms with van der Waals surface area (Å²) in [5, 5.41) is 16.8. The Labute approximate surface area is 200 Å². The summed E-state index contributed by atoms with van der Waals surface area (Å²) in [6.07, 6.45) is -0.00918. The Morgan fingerprint density at radius 3 is 2.41 bits per heavy atom. The minimum Gasteiger partial charge on any atom is -0.438 e. The maximum atomic E-state index is 13.2. The zero-order valence-corrected chi connectivity index (χ0v) is 20.6. The molecule has 1 unspecified atom stereocenters. The lowest BCUT2D eigenvalue weighted by atomic mass is 10.0. The van der Waals surface area contributed by atoms with Crippen molar-refractivity contribution in [1.82, 2.24) is 15.6 Å². The molecule has 0 aliphatic heterocycles. The predicted molar refractivity (Wildman–Crippen MR) is 132 cm³/mol. The monoisotopic (exact) mass is 487 g/mol. The van der Waals surface area contributed by atoms with Gasteiger partial charge in [-0.1, -0.05) is 69.7 Å². The lowest BCUT2D eigenvalue weighted by molar-refractivity contribution is -0.124. The molecule has 1 amide bonds. The van der Waals surface area contributed by atoms with Crippen molar-refractivity contribution in [2.24, 2.45) is 0 Å². The number of aliphatic hydroxyl groups excluding tert-OH is 1. The van der Waals surface area contributed by atoms with Crippen LogP contribution in [0.5, 0.6) is 0 Å². The fourth-order valence-corrected chi connectivity index (χ4v) is 5.41. The minimum absolute atomic E-state index is 0.116. The van der Waals surface area contributed by atoms with Crippen LogP contribution in [-0.2, 0) is 20.4 Å². The topological polar surface area (TPSA) is 122 Å². The van der Waals surface area contributed by atoms with Gasteiger partial charge in [-0.3, -0.25) is 4.79 Å². The van der Waals surface area contributed by atoms with Gasteiger partial charge in [0.1, 0.15) is 11.6 Å². The number of nitrogens with zero attached hydrogens (tertiary/aromatic N) is 1. The lowest BCUT2D eigenvalue weighted by Gasteiger charge is -2.26. The molecule has 0 radical (unpaired) electrons. The van der Waals surface area contributed by atoms with E-state index < -0.39 is 33.9 Å². The SMILES string of the molecule is CCCC(NC(=O)[C@@H](CS(=O)(=O)Cc1ccccc1)NC(C)C)[C@H](O)c1nc2ccccc2o1. The maximum absolute atomic E-state index is 13.2. The molecule has 3 atom stereocenters. The fraction of sp³-hybridized carbons (Fsp3) is 0.440. The van der Waals surface area contributed by atoms with E-state index in [2.05, 4.69) is 15.6 Å². The number of carbonyl (C=O) groups excluding carboxylic acids is 1. The Hall–Kier alpha value is -2.75. The number of aromatic nitrogens is 1. The second-order valence-electron chi connectivity index (χ2n) is 8.78. The first kappa shape index (κ1) is 25.9. The van der Waals surface area contributed by atoms with Gasteiger partial charge >= 0.3 is 0 Å². The number of rotatable bonds is 12. The van der Waals surface area contributed by atoms with Crippen molar-refractivity contribution in [3.8, 4) is 0 Å². The molecule has 3 rings (SSSR count). The van der Waals surface area contributed by atoms with E-state index in [9.17, 15) is 18.3 Å². The lowest BCUT2D eigenvalue weighted by Crippen LogP contribution is -2.53. The van der Waals surface area contributed by atoms with Crippen LogP contribution in [0.25, 0.3) is 11.1 Å². The van der Waals surface area contributed by atoms with Crippen LogP contribution in [-0.4, -0.2) is 48.3 Å². The Morgan fingerprint density at radius 2 is 1.76 bits per heavy atom. The smallest absolute Gasteiger partial charge is 0.238 e. The standard InChI is InChI=1S/C25H33N3O5S/c1-4-10-20(23(29)25-28-19-13-8-9-14-22(19)33-25)27-24(30)21(26-17(2)3)16-34(31,32)15-18-11-6-5-7-12-18/h5-9,11-14,17,20-21,23,26,29H,4,10,15-16H2,1-3H3,(H,27,30)/t20?,21-,23+/m1/s1. The van der Waals surface area contributed by atoms with E-state index in [1.807, 2.05) is 39.0 Å². The first-order valence-electron chi connectivity index (χ1n) is 11.5.